The van der Waals surface area contributed by atoms with E-state index in [1.807, 2.05) is 6.92 Å². The molecule has 2 aromatic rings. The van der Waals surface area contributed by atoms with Gasteiger partial charge in [0.1, 0.15) is 11.9 Å². The lowest BCUT2D eigenvalue weighted by molar-refractivity contribution is -0.141. The van der Waals surface area contributed by atoms with Crippen LogP contribution in [0.15, 0.2) is 51.8 Å². The van der Waals surface area contributed by atoms with Gasteiger partial charge in [-0.1, -0.05) is 40.5 Å². The van der Waals surface area contributed by atoms with Crippen molar-refractivity contribution >= 4 is 31.9 Å². The minimum atomic E-state index is -4.09. The van der Waals surface area contributed by atoms with Crippen molar-refractivity contribution in [2.75, 3.05) is 0 Å². The summed E-state index contributed by atoms with van der Waals surface area (Å²) in [4.78, 5) is 11.6. The van der Waals surface area contributed by atoms with Crippen LogP contribution in [0.4, 0.5) is 4.39 Å². The van der Waals surface area contributed by atoms with Gasteiger partial charge in [-0.05, 0) is 49.2 Å². The van der Waals surface area contributed by atoms with E-state index in [2.05, 4.69) is 15.9 Å². The summed E-state index contributed by atoms with van der Waals surface area (Å²) < 4.78 is 41.2. The van der Waals surface area contributed by atoms with Crippen LogP contribution in [0, 0.1) is 12.7 Å². The summed E-state index contributed by atoms with van der Waals surface area (Å²) in [7, 11) is -4.09. The highest BCUT2D eigenvalue weighted by molar-refractivity contribution is 9.10. The van der Waals surface area contributed by atoms with Crippen molar-refractivity contribution < 1.29 is 22.7 Å². The smallest absolute Gasteiger partial charge is 0.322 e. The predicted octanol–water partition coefficient (Wildman–Crippen LogP) is 3.95. The summed E-state index contributed by atoms with van der Waals surface area (Å²) in [6.07, 6.45) is 0.0767. The molecule has 1 N–H and O–H groups in total. The largest absolute Gasteiger partial charge is 0.480 e. The molecule has 0 heterocycles. The first-order valence-corrected chi connectivity index (χ1v) is 10.2. The molecule has 0 bridgehead atoms. The molecule has 2 aromatic carbocycles. The van der Waals surface area contributed by atoms with E-state index in [-0.39, 0.29) is 17.9 Å². The molecule has 140 valence electrons. The normalized spacial score (nSPS) is 13.0. The standard InChI is InChI=1S/C18H19BrFNO4S/c1-3-17(18(22)23)21(11-13-10-14(20)6-9-16(13)19)26(24,25)15-7-4-12(2)5-8-15/h4-10,17H,3,11H2,1-2H3,(H,22,23). The SMILES string of the molecule is CCC(C(=O)O)N(Cc1cc(F)ccc1Br)S(=O)(=O)c1ccc(C)cc1. The lowest BCUT2D eigenvalue weighted by atomic mass is 10.2. The molecule has 1 atom stereocenters. The van der Waals surface area contributed by atoms with Crippen LogP contribution in [-0.4, -0.2) is 29.8 Å². The number of aryl methyl sites for hydroxylation is 1. The van der Waals surface area contributed by atoms with E-state index in [1.165, 1.54) is 30.3 Å². The molecule has 2 rings (SSSR count). The fourth-order valence-electron chi connectivity index (χ4n) is 2.54. The Morgan fingerprint density at radius 3 is 2.38 bits per heavy atom. The molecule has 26 heavy (non-hydrogen) atoms. The van der Waals surface area contributed by atoms with Crippen molar-refractivity contribution in [3.8, 4) is 0 Å². The molecule has 0 saturated carbocycles. The van der Waals surface area contributed by atoms with Gasteiger partial charge in [0.05, 0.1) is 4.90 Å². The minimum absolute atomic E-state index is 0.00433. The van der Waals surface area contributed by atoms with E-state index in [0.29, 0.717) is 10.0 Å². The van der Waals surface area contributed by atoms with Gasteiger partial charge in [0.15, 0.2) is 0 Å². The maximum absolute atomic E-state index is 13.6. The summed E-state index contributed by atoms with van der Waals surface area (Å²) in [5, 5.41) is 9.51. The van der Waals surface area contributed by atoms with Gasteiger partial charge in [0.2, 0.25) is 10.0 Å². The summed E-state index contributed by atoms with van der Waals surface area (Å²) in [5.41, 5.74) is 1.23. The summed E-state index contributed by atoms with van der Waals surface area (Å²) in [5.74, 6) is -1.78. The second kappa shape index (κ2) is 8.28. The number of rotatable bonds is 7. The number of nitrogens with zero attached hydrogens (tertiary/aromatic N) is 1. The van der Waals surface area contributed by atoms with Gasteiger partial charge in [-0.15, -0.1) is 0 Å². The molecule has 0 aromatic heterocycles. The highest BCUT2D eigenvalue weighted by atomic mass is 79.9. The van der Waals surface area contributed by atoms with E-state index < -0.39 is 27.9 Å². The molecule has 5 nitrogen and oxygen atoms in total. The van der Waals surface area contributed by atoms with Crippen molar-refractivity contribution in [1.29, 1.82) is 0 Å². The number of carbonyl (C=O) groups is 1. The van der Waals surface area contributed by atoms with E-state index in [0.717, 1.165) is 9.87 Å². The quantitative estimate of drug-likeness (QED) is 0.702. The monoisotopic (exact) mass is 443 g/mol. The molecular formula is C18H19BrFNO4S. The Kier molecular flexibility index (Phi) is 6.54. The third-order valence-corrected chi connectivity index (χ3v) is 6.62. The molecule has 0 spiro atoms. The zero-order chi connectivity index (χ0) is 19.5. The van der Waals surface area contributed by atoms with Gasteiger partial charge in [-0.25, -0.2) is 12.8 Å². The van der Waals surface area contributed by atoms with Gasteiger partial charge in [-0.2, -0.15) is 4.31 Å². The first-order valence-electron chi connectivity index (χ1n) is 7.92. The van der Waals surface area contributed by atoms with Crippen LogP contribution in [0.1, 0.15) is 24.5 Å². The summed E-state index contributed by atoms with van der Waals surface area (Å²) >= 11 is 3.26. The Bertz CT molecular complexity index is 900. The number of sulfonamides is 1. The van der Waals surface area contributed by atoms with Gasteiger partial charge >= 0.3 is 5.97 Å². The second-order valence-corrected chi connectivity index (χ2v) is 8.61. The minimum Gasteiger partial charge on any atom is -0.480 e. The van der Waals surface area contributed by atoms with Crippen LogP contribution in [0.5, 0.6) is 0 Å². The average Bonchev–Trinajstić information content (AvgIpc) is 2.57. The third kappa shape index (κ3) is 4.49. The fourth-order valence-corrected chi connectivity index (χ4v) is 4.55. The number of benzene rings is 2. The Morgan fingerprint density at radius 1 is 1.23 bits per heavy atom. The van der Waals surface area contributed by atoms with Gasteiger partial charge < -0.3 is 5.11 Å². The molecule has 0 radical (unpaired) electrons. The molecule has 1 unspecified atom stereocenters. The van der Waals surface area contributed by atoms with E-state index >= 15 is 0 Å². The molecule has 0 saturated heterocycles. The topological polar surface area (TPSA) is 74.7 Å². The number of aliphatic carboxylic acids is 1. The molecule has 8 heteroatoms. The van der Waals surface area contributed by atoms with Crippen LogP contribution in [0.3, 0.4) is 0 Å². The van der Waals surface area contributed by atoms with Gasteiger partial charge in [0.25, 0.3) is 0 Å². The number of hydrogen-bond acceptors (Lipinski definition) is 3. The van der Waals surface area contributed by atoms with Crippen LogP contribution in [0.25, 0.3) is 0 Å². The van der Waals surface area contributed by atoms with Gasteiger partial charge in [-0.3, -0.25) is 4.79 Å². The Labute approximate surface area is 160 Å². The number of carboxylic acids is 1. The fraction of sp³-hybridized carbons (Fsp3) is 0.278. The molecule has 0 fully saturated rings. The first-order chi connectivity index (χ1) is 12.2. The lowest BCUT2D eigenvalue weighted by Gasteiger charge is -2.28. The second-order valence-electron chi connectivity index (χ2n) is 5.86. The van der Waals surface area contributed by atoms with Crippen molar-refractivity contribution in [2.24, 2.45) is 0 Å². The Hall–Kier alpha value is -1.77. The van der Waals surface area contributed by atoms with Gasteiger partial charge in [0, 0.05) is 11.0 Å². The zero-order valence-corrected chi connectivity index (χ0v) is 16.7. The molecule has 0 aliphatic rings. The lowest BCUT2D eigenvalue weighted by Crippen LogP contribution is -2.44. The highest BCUT2D eigenvalue weighted by Crippen LogP contribution is 2.26. The first kappa shape index (κ1) is 20.5. The van der Waals surface area contributed by atoms with Crippen molar-refractivity contribution in [2.45, 2.75) is 37.8 Å². The number of carboxylic acid groups (broad SMARTS) is 1. The van der Waals surface area contributed by atoms with E-state index in [9.17, 15) is 22.7 Å². The van der Waals surface area contributed by atoms with Crippen molar-refractivity contribution in [3.63, 3.8) is 0 Å². The maximum Gasteiger partial charge on any atom is 0.322 e. The molecule has 0 aliphatic carbocycles. The zero-order valence-electron chi connectivity index (χ0n) is 14.3. The average molecular weight is 444 g/mol. The van der Waals surface area contributed by atoms with Crippen LogP contribution in [-0.2, 0) is 21.4 Å². The molecular weight excluding hydrogens is 425 g/mol. The third-order valence-electron chi connectivity index (χ3n) is 3.98. The van der Waals surface area contributed by atoms with E-state index in [4.69, 9.17) is 0 Å². The van der Waals surface area contributed by atoms with Crippen LogP contribution < -0.4 is 0 Å². The molecule has 0 amide bonds. The number of hydrogen-bond donors (Lipinski definition) is 1. The van der Waals surface area contributed by atoms with Crippen molar-refractivity contribution in [3.05, 3.63) is 63.9 Å². The predicted molar refractivity (Wildman–Crippen MR) is 99.7 cm³/mol. The van der Waals surface area contributed by atoms with Crippen molar-refractivity contribution in [1.82, 2.24) is 4.31 Å². The summed E-state index contributed by atoms with van der Waals surface area (Å²) in [6.45, 7) is 3.15. The highest BCUT2D eigenvalue weighted by Gasteiger charge is 2.35. The van der Waals surface area contributed by atoms with Crippen LogP contribution in [0.2, 0.25) is 0 Å². The number of halogens is 2. The molecule has 0 aliphatic heterocycles. The van der Waals surface area contributed by atoms with E-state index in [1.54, 1.807) is 19.1 Å². The Morgan fingerprint density at radius 2 is 1.85 bits per heavy atom. The Balaban J connectivity index is 2.55. The van der Waals surface area contributed by atoms with Crippen LogP contribution >= 0.6 is 15.9 Å². The summed E-state index contributed by atoms with van der Waals surface area (Å²) in [6, 6.07) is 8.78. The maximum atomic E-state index is 13.6.